The summed E-state index contributed by atoms with van der Waals surface area (Å²) in [7, 11) is 0. The molecule has 0 bridgehead atoms. The van der Waals surface area contributed by atoms with Crippen molar-refractivity contribution in [1.82, 2.24) is 9.80 Å². The van der Waals surface area contributed by atoms with Crippen LogP contribution in [0.1, 0.15) is 17.3 Å². The molecule has 1 unspecified atom stereocenters. The Hall–Kier alpha value is -0.950. The third-order valence-corrected chi connectivity index (χ3v) is 4.39. The van der Waals surface area contributed by atoms with Crippen LogP contribution in [0.3, 0.4) is 0 Å². The van der Waals surface area contributed by atoms with Crippen molar-refractivity contribution >= 4 is 17.2 Å². The Morgan fingerprint density at radius 1 is 1.42 bits per heavy atom. The van der Waals surface area contributed by atoms with Crippen molar-refractivity contribution in [3.63, 3.8) is 0 Å². The molecular formula is C13H21N3O2S. The summed E-state index contributed by atoms with van der Waals surface area (Å²) in [6.07, 6.45) is 0.933. The second-order valence-corrected chi connectivity index (χ2v) is 5.72. The van der Waals surface area contributed by atoms with Crippen molar-refractivity contribution < 1.29 is 9.90 Å². The molecule has 1 fully saturated rings. The Morgan fingerprint density at radius 3 is 2.95 bits per heavy atom. The van der Waals surface area contributed by atoms with Gasteiger partial charge in [-0.2, -0.15) is 0 Å². The summed E-state index contributed by atoms with van der Waals surface area (Å²) in [5.74, 6) is 0.00768. The first-order valence-electron chi connectivity index (χ1n) is 6.63. The van der Waals surface area contributed by atoms with Crippen LogP contribution in [0.15, 0.2) is 17.5 Å². The van der Waals surface area contributed by atoms with E-state index in [1.165, 1.54) is 11.3 Å². The zero-order chi connectivity index (χ0) is 13.7. The molecular weight excluding hydrogens is 262 g/mol. The van der Waals surface area contributed by atoms with E-state index in [0.29, 0.717) is 13.1 Å². The van der Waals surface area contributed by atoms with Gasteiger partial charge in [0.1, 0.15) is 6.04 Å². The van der Waals surface area contributed by atoms with E-state index in [4.69, 9.17) is 10.8 Å². The smallest absolute Gasteiger partial charge is 0.244 e. The number of aliphatic hydroxyl groups is 1. The van der Waals surface area contributed by atoms with Gasteiger partial charge in [0.05, 0.1) is 6.61 Å². The molecule has 1 aliphatic rings. The van der Waals surface area contributed by atoms with Crippen LogP contribution in [0.2, 0.25) is 0 Å². The normalized spacial score (nSPS) is 19.2. The van der Waals surface area contributed by atoms with E-state index in [1.807, 2.05) is 22.4 Å². The summed E-state index contributed by atoms with van der Waals surface area (Å²) in [4.78, 5) is 17.3. The number of nitrogens with two attached hydrogens (primary N) is 1. The Labute approximate surface area is 117 Å². The number of hydrogen-bond acceptors (Lipinski definition) is 5. The van der Waals surface area contributed by atoms with Gasteiger partial charge in [0, 0.05) is 31.1 Å². The number of hydrogen-bond donors (Lipinski definition) is 2. The van der Waals surface area contributed by atoms with E-state index in [2.05, 4.69) is 4.90 Å². The fraction of sp³-hybridized carbons (Fsp3) is 0.615. The summed E-state index contributed by atoms with van der Waals surface area (Å²) in [6, 6.07) is 3.28. The fourth-order valence-electron chi connectivity index (χ4n) is 2.34. The number of carbonyl (C=O) groups is 1. The maximum Gasteiger partial charge on any atom is 0.244 e. The minimum absolute atomic E-state index is 0.00768. The third kappa shape index (κ3) is 3.76. The van der Waals surface area contributed by atoms with Gasteiger partial charge in [0.25, 0.3) is 0 Å². The van der Waals surface area contributed by atoms with Crippen molar-refractivity contribution in [3.8, 4) is 0 Å². The SMILES string of the molecule is NC(C(=O)N1CCCN(CCO)CC1)c1cccs1. The van der Waals surface area contributed by atoms with Crippen LogP contribution in [-0.4, -0.2) is 60.1 Å². The minimum Gasteiger partial charge on any atom is -0.395 e. The Balaban J connectivity index is 1.92. The number of carbonyl (C=O) groups excluding carboxylic acids is 1. The summed E-state index contributed by atoms with van der Waals surface area (Å²) in [5, 5.41) is 10.9. The highest BCUT2D eigenvalue weighted by molar-refractivity contribution is 7.10. The van der Waals surface area contributed by atoms with Crippen LogP contribution in [0.5, 0.6) is 0 Å². The van der Waals surface area contributed by atoms with Gasteiger partial charge in [-0.25, -0.2) is 0 Å². The number of rotatable bonds is 4. The molecule has 0 aliphatic carbocycles. The average molecular weight is 283 g/mol. The van der Waals surface area contributed by atoms with Gasteiger partial charge in [-0.3, -0.25) is 9.69 Å². The highest BCUT2D eigenvalue weighted by Gasteiger charge is 2.25. The Bertz CT molecular complexity index is 397. The van der Waals surface area contributed by atoms with E-state index in [-0.39, 0.29) is 12.5 Å². The molecule has 1 atom stereocenters. The van der Waals surface area contributed by atoms with Crippen molar-refractivity contribution in [1.29, 1.82) is 0 Å². The number of aliphatic hydroxyl groups excluding tert-OH is 1. The van der Waals surface area contributed by atoms with Crippen molar-refractivity contribution in [3.05, 3.63) is 22.4 Å². The first-order valence-corrected chi connectivity index (χ1v) is 7.51. The predicted octanol–water partition coefficient (Wildman–Crippen LogP) is 0.275. The second kappa shape index (κ2) is 7.00. The number of nitrogens with zero attached hydrogens (tertiary/aromatic N) is 2. The average Bonchev–Trinajstić information content (AvgIpc) is 2.85. The third-order valence-electron chi connectivity index (χ3n) is 3.43. The topological polar surface area (TPSA) is 69.8 Å². The zero-order valence-electron chi connectivity index (χ0n) is 11.0. The molecule has 1 aromatic rings. The van der Waals surface area contributed by atoms with Crippen LogP contribution in [0, 0.1) is 0 Å². The Morgan fingerprint density at radius 2 is 2.26 bits per heavy atom. The molecule has 3 N–H and O–H groups in total. The van der Waals surface area contributed by atoms with Crippen LogP contribution < -0.4 is 5.73 Å². The lowest BCUT2D eigenvalue weighted by molar-refractivity contribution is -0.132. The van der Waals surface area contributed by atoms with Crippen LogP contribution >= 0.6 is 11.3 Å². The molecule has 1 aromatic heterocycles. The fourth-order valence-corrected chi connectivity index (χ4v) is 3.06. The van der Waals surface area contributed by atoms with Crippen molar-refractivity contribution in [2.75, 3.05) is 39.3 Å². The number of β-amino-alcohol motifs (C(OH)–C–C–N with tert-alkyl or cyclic N) is 1. The van der Waals surface area contributed by atoms with E-state index in [0.717, 1.165) is 30.9 Å². The first kappa shape index (κ1) is 14.5. The lowest BCUT2D eigenvalue weighted by Gasteiger charge is -2.24. The molecule has 1 amide bonds. The summed E-state index contributed by atoms with van der Waals surface area (Å²) < 4.78 is 0. The van der Waals surface area contributed by atoms with Crippen molar-refractivity contribution in [2.45, 2.75) is 12.5 Å². The largest absolute Gasteiger partial charge is 0.395 e. The summed E-state index contributed by atoms with van der Waals surface area (Å²) >= 11 is 1.52. The van der Waals surface area contributed by atoms with Gasteiger partial charge in [0.15, 0.2) is 0 Å². The van der Waals surface area contributed by atoms with Crippen molar-refractivity contribution in [2.24, 2.45) is 5.73 Å². The number of amides is 1. The lowest BCUT2D eigenvalue weighted by atomic mass is 10.2. The molecule has 1 aliphatic heterocycles. The molecule has 0 saturated carbocycles. The molecule has 19 heavy (non-hydrogen) atoms. The van der Waals surface area contributed by atoms with E-state index in [1.54, 1.807) is 0 Å². The van der Waals surface area contributed by atoms with Crippen LogP contribution in [0.25, 0.3) is 0 Å². The van der Waals surface area contributed by atoms with E-state index < -0.39 is 6.04 Å². The zero-order valence-corrected chi connectivity index (χ0v) is 11.8. The van der Waals surface area contributed by atoms with E-state index in [9.17, 15) is 4.79 Å². The van der Waals surface area contributed by atoms with Gasteiger partial charge in [-0.1, -0.05) is 6.07 Å². The highest BCUT2D eigenvalue weighted by Crippen LogP contribution is 2.19. The van der Waals surface area contributed by atoms with Gasteiger partial charge < -0.3 is 15.7 Å². The highest BCUT2D eigenvalue weighted by atomic mass is 32.1. The number of thiophene rings is 1. The minimum atomic E-state index is -0.538. The lowest BCUT2D eigenvalue weighted by Crippen LogP contribution is -2.40. The molecule has 0 spiro atoms. The van der Waals surface area contributed by atoms with Gasteiger partial charge in [-0.15, -0.1) is 11.3 Å². The molecule has 0 radical (unpaired) electrons. The van der Waals surface area contributed by atoms with E-state index >= 15 is 0 Å². The maximum atomic E-state index is 12.4. The quantitative estimate of drug-likeness (QED) is 0.832. The molecule has 106 valence electrons. The predicted molar refractivity (Wildman–Crippen MR) is 76.0 cm³/mol. The molecule has 1 saturated heterocycles. The standard InChI is InChI=1S/C13H21N3O2S/c14-12(11-3-1-10-19-11)13(18)16-5-2-4-15(6-7-16)8-9-17/h1,3,10,12,17H,2,4-9,14H2. The van der Waals surface area contributed by atoms with Crippen LogP contribution in [-0.2, 0) is 4.79 Å². The monoisotopic (exact) mass is 283 g/mol. The summed E-state index contributed by atoms with van der Waals surface area (Å²) in [5.41, 5.74) is 6.02. The molecule has 2 rings (SSSR count). The van der Waals surface area contributed by atoms with Crippen LogP contribution in [0.4, 0.5) is 0 Å². The first-order chi connectivity index (χ1) is 9.22. The second-order valence-electron chi connectivity index (χ2n) is 4.74. The molecule has 6 heteroatoms. The molecule has 0 aromatic carbocycles. The summed E-state index contributed by atoms with van der Waals surface area (Å²) in [6.45, 7) is 4.03. The van der Waals surface area contributed by atoms with Gasteiger partial charge >= 0.3 is 0 Å². The van der Waals surface area contributed by atoms with Gasteiger partial charge in [0.2, 0.25) is 5.91 Å². The molecule has 2 heterocycles. The maximum absolute atomic E-state index is 12.4. The van der Waals surface area contributed by atoms with Gasteiger partial charge in [-0.05, 0) is 24.4 Å². The Kier molecular flexibility index (Phi) is 5.33. The molecule has 5 nitrogen and oxygen atoms in total.